The molecule has 0 bridgehead atoms. The summed E-state index contributed by atoms with van der Waals surface area (Å²) in [5, 5.41) is 2.16. The van der Waals surface area contributed by atoms with Crippen LogP contribution in [0.15, 0.2) is 47.2 Å². The molecule has 0 radical (unpaired) electrons. The minimum absolute atomic E-state index is 0.169. The Kier molecular flexibility index (Phi) is 3.78. The number of carbonyl (C=O) groups excluding carboxylic acids is 1. The van der Waals surface area contributed by atoms with Crippen molar-refractivity contribution in [2.24, 2.45) is 4.99 Å². The number of esters is 1. The van der Waals surface area contributed by atoms with Gasteiger partial charge in [0.1, 0.15) is 16.7 Å². The summed E-state index contributed by atoms with van der Waals surface area (Å²) in [6.07, 6.45) is 3.78. The monoisotopic (exact) mass is 354 g/mol. The Morgan fingerprint density at radius 2 is 2.12 bits per heavy atom. The lowest BCUT2D eigenvalue weighted by atomic mass is 10.0. The standard InChI is InChI=1S/C18H15ClN4O2/c1-10-7-16-20-9-12-8-14(17(19)21-18(12)23(16)22-10)13-5-3-4-6-15(13)25-11(2)24/h3-10,22H,1-2H3. The van der Waals surface area contributed by atoms with Crippen LogP contribution in [0.5, 0.6) is 5.75 Å². The maximum Gasteiger partial charge on any atom is 0.308 e. The number of benzene rings is 1. The summed E-state index contributed by atoms with van der Waals surface area (Å²) in [6.45, 7) is 3.40. The van der Waals surface area contributed by atoms with Gasteiger partial charge in [0.05, 0.1) is 0 Å². The fourth-order valence-corrected chi connectivity index (χ4v) is 3.14. The molecule has 1 unspecified atom stereocenters. The number of hydrazine groups is 1. The smallest absolute Gasteiger partial charge is 0.308 e. The summed E-state index contributed by atoms with van der Waals surface area (Å²) in [7, 11) is 0. The first-order valence-corrected chi connectivity index (χ1v) is 8.21. The number of rotatable bonds is 2. The third-order valence-electron chi connectivity index (χ3n) is 3.92. The Morgan fingerprint density at radius 1 is 1.32 bits per heavy atom. The molecule has 2 aromatic rings. The van der Waals surface area contributed by atoms with E-state index in [9.17, 15) is 4.79 Å². The first kappa shape index (κ1) is 15.8. The molecular weight excluding hydrogens is 340 g/mol. The number of halogens is 1. The Labute approximate surface area is 149 Å². The van der Waals surface area contributed by atoms with E-state index in [0.717, 1.165) is 11.4 Å². The van der Waals surface area contributed by atoms with Crippen molar-refractivity contribution in [3.63, 3.8) is 0 Å². The van der Waals surface area contributed by atoms with Gasteiger partial charge in [-0.1, -0.05) is 29.8 Å². The minimum atomic E-state index is -0.388. The zero-order valence-electron chi connectivity index (χ0n) is 13.7. The van der Waals surface area contributed by atoms with Gasteiger partial charge >= 0.3 is 5.97 Å². The summed E-state index contributed by atoms with van der Waals surface area (Å²) in [5.74, 6) is 1.56. The normalized spacial score (nSPS) is 17.8. The molecule has 3 heterocycles. The van der Waals surface area contributed by atoms with Crippen molar-refractivity contribution in [1.29, 1.82) is 0 Å². The molecule has 0 fully saturated rings. The predicted octanol–water partition coefficient (Wildman–Crippen LogP) is 3.31. The van der Waals surface area contributed by atoms with Gasteiger partial charge in [-0.15, -0.1) is 0 Å². The highest BCUT2D eigenvalue weighted by molar-refractivity contribution is 6.32. The number of para-hydroxylation sites is 1. The molecule has 0 saturated heterocycles. The number of fused-ring (bicyclic) bond motifs is 3. The highest BCUT2D eigenvalue weighted by Crippen LogP contribution is 2.38. The zero-order chi connectivity index (χ0) is 17.6. The van der Waals surface area contributed by atoms with Crippen LogP contribution in [0.4, 0.5) is 5.82 Å². The molecule has 0 saturated carbocycles. The summed E-state index contributed by atoms with van der Waals surface area (Å²) < 4.78 is 5.29. The second-order valence-corrected chi connectivity index (χ2v) is 6.22. The van der Waals surface area contributed by atoms with Crippen LogP contribution < -0.4 is 15.2 Å². The molecule has 0 spiro atoms. The molecule has 25 heavy (non-hydrogen) atoms. The largest absolute Gasteiger partial charge is 0.426 e. The van der Waals surface area contributed by atoms with E-state index in [1.54, 1.807) is 18.3 Å². The van der Waals surface area contributed by atoms with Crippen molar-refractivity contribution in [3.05, 3.63) is 52.9 Å². The van der Waals surface area contributed by atoms with E-state index in [1.807, 2.05) is 36.2 Å². The van der Waals surface area contributed by atoms with E-state index in [-0.39, 0.29) is 12.0 Å². The quantitative estimate of drug-likeness (QED) is 0.509. The first-order chi connectivity index (χ1) is 12.0. The van der Waals surface area contributed by atoms with Crippen LogP contribution in [-0.2, 0) is 4.79 Å². The molecule has 2 aliphatic heterocycles. The van der Waals surface area contributed by atoms with Gasteiger partial charge in [-0.2, -0.15) is 0 Å². The first-order valence-electron chi connectivity index (χ1n) is 7.83. The van der Waals surface area contributed by atoms with Gasteiger partial charge in [0, 0.05) is 35.9 Å². The summed E-state index contributed by atoms with van der Waals surface area (Å²) >= 11 is 6.46. The molecule has 7 heteroatoms. The average Bonchev–Trinajstić information content (AvgIpc) is 2.95. The molecule has 0 amide bonds. The van der Waals surface area contributed by atoms with E-state index in [1.165, 1.54) is 6.92 Å². The van der Waals surface area contributed by atoms with Crippen molar-refractivity contribution in [1.82, 2.24) is 10.4 Å². The summed E-state index contributed by atoms with van der Waals surface area (Å²) in [4.78, 5) is 20.4. The number of aromatic nitrogens is 1. The van der Waals surface area contributed by atoms with Crippen molar-refractivity contribution in [2.75, 3.05) is 5.01 Å². The third-order valence-corrected chi connectivity index (χ3v) is 4.21. The Morgan fingerprint density at radius 3 is 2.92 bits per heavy atom. The predicted molar refractivity (Wildman–Crippen MR) is 96.7 cm³/mol. The molecule has 1 N–H and O–H groups in total. The maximum atomic E-state index is 11.4. The number of pyridine rings is 1. The van der Waals surface area contributed by atoms with Gasteiger partial charge < -0.3 is 4.74 Å². The lowest BCUT2D eigenvalue weighted by Gasteiger charge is -2.25. The van der Waals surface area contributed by atoms with E-state index in [2.05, 4.69) is 15.4 Å². The average molecular weight is 355 g/mol. The van der Waals surface area contributed by atoms with Gasteiger partial charge in [-0.05, 0) is 25.1 Å². The number of ether oxygens (including phenoxy) is 1. The fourth-order valence-electron chi connectivity index (χ4n) is 2.90. The van der Waals surface area contributed by atoms with E-state index < -0.39 is 0 Å². The SMILES string of the molecule is CC(=O)Oc1ccccc1-c1cc2c(nc1Cl)N1NC(C)C=C1N=C2. The van der Waals surface area contributed by atoms with Gasteiger partial charge in [0.25, 0.3) is 0 Å². The molecule has 1 aromatic carbocycles. The topological polar surface area (TPSA) is 66.8 Å². The van der Waals surface area contributed by atoms with Crippen molar-refractivity contribution in [3.8, 4) is 16.9 Å². The Balaban J connectivity index is 1.82. The van der Waals surface area contributed by atoms with Gasteiger partial charge in [0.15, 0.2) is 5.82 Å². The fraction of sp³-hybridized carbons (Fsp3) is 0.167. The van der Waals surface area contributed by atoms with Crippen molar-refractivity contribution in [2.45, 2.75) is 19.9 Å². The Hall–Kier alpha value is -2.70. The third kappa shape index (κ3) is 2.79. The second kappa shape index (κ2) is 5.98. The van der Waals surface area contributed by atoms with Crippen LogP contribution >= 0.6 is 11.6 Å². The van der Waals surface area contributed by atoms with Gasteiger partial charge in [0.2, 0.25) is 0 Å². The number of anilines is 1. The Bertz CT molecular complexity index is 939. The molecule has 4 rings (SSSR count). The van der Waals surface area contributed by atoms with Crippen LogP contribution in [0.2, 0.25) is 5.15 Å². The molecule has 1 aromatic heterocycles. The molecule has 1 atom stereocenters. The van der Waals surface area contributed by atoms with E-state index in [0.29, 0.717) is 27.8 Å². The molecule has 126 valence electrons. The van der Waals surface area contributed by atoms with E-state index in [4.69, 9.17) is 16.3 Å². The van der Waals surface area contributed by atoms with Gasteiger partial charge in [-0.3, -0.25) is 4.79 Å². The van der Waals surface area contributed by atoms with Crippen molar-refractivity contribution >= 4 is 29.6 Å². The minimum Gasteiger partial charge on any atom is -0.426 e. The number of hydrogen-bond acceptors (Lipinski definition) is 6. The van der Waals surface area contributed by atoms with Gasteiger partial charge in [-0.25, -0.2) is 20.4 Å². The lowest BCUT2D eigenvalue weighted by molar-refractivity contribution is -0.131. The number of hydrogen-bond donors (Lipinski definition) is 1. The lowest BCUT2D eigenvalue weighted by Crippen LogP contribution is -2.38. The molecule has 6 nitrogen and oxygen atoms in total. The van der Waals surface area contributed by atoms with Crippen LogP contribution in [0.3, 0.4) is 0 Å². The maximum absolute atomic E-state index is 11.4. The van der Waals surface area contributed by atoms with E-state index >= 15 is 0 Å². The summed E-state index contributed by atoms with van der Waals surface area (Å²) in [5.41, 5.74) is 5.49. The second-order valence-electron chi connectivity index (χ2n) is 5.87. The highest BCUT2D eigenvalue weighted by atomic mass is 35.5. The van der Waals surface area contributed by atoms with Crippen LogP contribution in [0.1, 0.15) is 19.4 Å². The molecule has 0 aliphatic carbocycles. The molecule has 2 aliphatic rings. The van der Waals surface area contributed by atoms with Crippen LogP contribution in [0.25, 0.3) is 11.1 Å². The number of aliphatic imine (C=N–C) groups is 1. The number of carbonyl (C=O) groups is 1. The van der Waals surface area contributed by atoms with Crippen LogP contribution in [-0.4, -0.2) is 23.2 Å². The number of nitrogens with zero attached hydrogens (tertiary/aromatic N) is 3. The highest BCUT2D eigenvalue weighted by Gasteiger charge is 2.28. The zero-order valence-corrected chi connectivity index (χ0v) is 14.4. The molecular formula is C18H15ClN4O2. The van der Waals surface area contributed by atoms with Crippen molar-refractivity contribution < 1.29 is 9.53 Å². The summed E-state index contributed by atoms with van der Waals surface area (Å²) in [6, 6.07) is 9.30. The number of nitrogens with one attached hydrogen (secondary N) is 1. The van der Waals surface area contributed by atoms with Crippen LogP contribution in [0, 0.1) is 0 Å².